The van der Waals surface area contributed by atoms with E-state index in [0.717, 1.165) is 12.3 Å². The molecule has 0 saturated carbocycles. The minimum atomic E-state index is -5.02. The fourth-order valence-corrected chi connectivity index (χ4v) is 0.691. The number of hydrogen-bond donors (Lipinski definition) is 1. The summed E-state index contributed by atoms with van der Waals surface area (Å²) in [6.07, 6.45) is 1.95. The normalized spacial score (nSPS) is 10.6. The van der Waals surface area contributed by atoms with Gasteiger partial charge in [-0.05, 0) is 6.07 Å². The zero-order chi connectivity index (χ0) is 8.48. The van der Waals surface area contributed by atoms with E-state index in [9.17, 15) is 12.9 Å². The molecule has 0 unspecified atom stereocenters. The third kappa shape index (κ3) is 3.06. The van der Waals surface area contributed by atoms with E-state index >= 15 is 0 Å². The molecule has 0 saturated heterocycles. The molecule has 0 atom stereocenters. The van der Waals surface area contributed by atoms with Gasteiger partial charge in [-0.3, -0.25) is 4.98 Å². The van der Waals surface area contributed by atoms with Crippen LogP contribution in [-0.4, -0.2) is 12.0 Å². The van der Waals surface area contributed by atoms with E-state index in [4.69, 9.17) is 5.73 Å². The summed E-state index contributed by atoms with van der Waals surface area (Å²) in [6.45, 7) is -5.02. The summed E-state index contributed by atoms with van der Waals surface area (Å²) >= 11 is 0. The van der Waals surface area contributed by atoms with Gasteiger partial charge >= 0.3 is 58.4 Å². The first kappa shape index (κ1) is 12.4. The van der Waals surface area contributed by atoms with Crippen molar-refractivity contribution < 1.29 is 64.3 Å². The molecule has 0 amide bonds. The molecule has 0 aliphatic rings. The van der Waals surface area contributed by atoms with Crippen LogP contribution in [0.25, 0.3) is 0 Å². The van der Waals surface area contributed by atoms with Gasteiger partial charge in [0.2, 0.25) is 0 Å². The Kier molecular flexibility index (Phi) is 4.78. The maximum Gasteiger partial charge on any atom is 1.00 e. The van der Waals surface area contributed by atoms with Gasteiger partial charge in [-0.2, -0.15) is 0 Å². The number of rotatable bonds is 1. The number of aromatic nitrogens is 1. The van der Waals surface area contributed by atoms with Crippen LogP contribution in [-0.2, 0) is 0 Å². The largest absolute Gasteiger partial charge is 1.00 e. The zero-order valence-electron chi connectivity index (χ0n) is 6.47. The predicted octanol–water partition coefficient (Wildman–Crippen LogP) is -2.28. The van der Waals surface area contributed by atoms with Crippen LogP contribution in [0.5, 0.6) is 0 Å². The SMILES string of the molecule is Nc1ccncc1[B-](F)(F)F.[K+]. The first-order valence-corrected chi connectivity index (χ1v) is 2.91. The average Bonchev–Trinajstić information content (AvgIpc) is 1.86. The van der Waals surface area contributed by atoms with Gasteiger partial charge in [-0.1, -0.05) is 5.46 Å². The van der Waals surface area contributed by atoms with Crippen LogP contribution in [0.2, 0.25) is 0 Å². The second-order valence-electron chi connectivity index (χ2n) is 2.08. The van der Waals surface area contributed by atoms with Crippen molar-refractivity contribution in [2.45, 2.75) is 0 Å². The molecule has 7 heteroatoms. The number of nitrogens with two attached hydrogens (primary N) is 1. The summed E-state index contributed by atoms with van der Waals surface area (Å²) in [5.41, 5.74) is 3.97. The number of nitrogens with zero attached hydrogens (tertiary/aromatic N) is 1. The number of anilines is 1. The standard InChI is InChI=1S/C5H5BF3N2.K/c7-6(8,9)4-3-11-2-1-5(4)10;/h1-3H,(H2,10,11);/q-1;+1. The molecule has 0 aliphatic carbocycles. The molecule has 60 valence electrons. The third-order valence-electron chi connectivity index (χ3n) is 1.24. The van der Waals surface area contributed by atoms with Crippen molar-refractivity contribution in [3.8, 4) is 0 Å². The number of hydrogen-bond acceptors (Lipinski definition) is 2. The van der Waals surface area contributed by atoms with Crippen LogP contribution in [0, 0.1) is 0 Å². The Morgan fingerprint density at radius 1 is 1.33 bits per heavy atom. The summed E-state index contributed by atoms with van der Waals surface area (Å²) in [7, 11) is 0. The predicted molar refractivity (Wildman–Crippen MR) is 37.4 cm³/mol. The first-order chi connectivity index (χ1) is 5.02. The molecule has 12 heavy (non-hydrogen) atoms. The van der Waals surface area contributed by atoms with Gasteiger partial charge in [-0.25, -0.2) is 0 Å². The van der Waals surface area contributed by atoms with E-state index < -0.39 is 12.4 Å². The van der Waals surface area contributed by atoms with Crippen molar-refractivity contribution in [1.29, 1.82) is 0 Å². The molecule has 0 aliphatic heterocycles. The molecule has 1 rings (SSSR count). The maximum atomic E-state index is 12.0. The van der Waals surface area contributed by atoms with Gasteiger partial charge in [0.25, 0.3) is 0 Å². The molecular formula is C5H5BF3KN2. The van der Waals surface area contributed by atoms with Crippen molar-refractivity contribution in [2.24, 2.45) is 0 Å². The van der Waals surface area contributed by atoms with Crippen LogP contribution in [0.1, 0.15) is 0 Å². The molecule has 0 fully saturated rings. The summed E-state index contributed by atoms with van der Waals surface area (Å²) in [5.74, 6) is 0. The van der Waals surface area contributed by atoms with E-state index in [1.165, 1.54) is 6.20 Å². The van der Waals surface area contributed by atoms with Gasteiger partial charge in [-0.15, -0.1) is 0 Å². The van der Waals surface area contributed by atoms with E-state index in [0.29, 0.717) is 0 Å². The van der Waals surface area contributed by atoms with E-state index in [1.807, 2.05) is 0 Å². The Morgan fingerprint density at radius 3 is 2.25 bits per heavy atom. The second kappa shape index (κ2) is 4.61. The van der Waals surface area contributed by atoms with Crippen molar-refractivity contribution in [3.63, 3.8) is 0 Å². The van der Waals surface area contributed by atoms with Gasteiger partial charge in [0, 0.05) is 18.1 Å². The Balaban J connectivity index is 0.00000121. The van der Waals surface area contributed by atoms with Crippen molar-refractivity contribution in [2.75, 3.05) is 5.73 Å². The molecule has 1 heterocycles. The molecule has 2 N–H and O–H groups in total. The van der Waals surface area contributed by atoms with Gasteiger partial charge in [0.05, 0.1) is 0 Å². The Morgan fingerprint density at radius 2 is 1.92 bits per heavy atom. The van der Waals surface area contributed by atoms with Crippen LogP contribution in [0.4, 0.5) is 18.6 Å². The van der Waals surface area contributed by atoms with Crippen LogP contribution >= 0.6 is 0 Å². The second-order valence-corrected chi connectivity index (χ2v) is 2.08. The molecule has 0 radical (unpaired) electrons. The minimum absolute atomic E-state index is 0. The molecule has 0 spiro atoms. The molecule has 1 aromatic heterocycles. The van der Waals surface area contributed by atoms with Crippen molar-refractivity contribution in [3.05, 3.63) is 18.5 Å². The molecule has 1 aromatic rings. The zero-order valence-corrected chi connectivity index (χ0v) is 9.59. The third-order valence-corrected chi connectivity index (χ3v) is 1.24. The number of nitrogen functional groups attached to an aromatic ring is 1. The first-order valence-electron chi connectivity index (χ1n) is 2.91. The minimum Gasteiger partial charge on any atom is -0.445 e. The van der Waals surface area contributed by atoms with Gasteiger partial charge in [0.1, 0.15) is 0 Å². The molecule has 0 bridgehead atoms. The Labute approximate surface area is 110 Å². The van der Waals surface area contributed by atoms with E-state index in [2.05, 4.69) is 4.98 Å². The Bertz CT molecular complexity index is 265. The molecular weight excluding hydrogens is 195 g/mol. The number of pyridine rings is 1. The molecule has 2 nitrogen and oxygen atoms in total. The van der Waals surface area contributed by atoms with Crippen LogP contribution in [0.15, 0.2) is 18.5 Å². The Hall–Kier alpha value is 0.441. The summed E-state index contributed by atoms with van der Waals surface area (Å²) < 4.78 is 36.0. The topological polar surface area (TPSA) is 38.9 Å². The van der Waals surface area contributed by atoms with Crippen LogP contribution in [0.3, 0.4) is 0 Å². The van der Waals surface area contributed by atoms with Crippen LogP contribution < -0.4 is 62.6 Å². The quantitative estimate of drug-likeness (QED) is 0.519. The summed E-state index contributed by atoms with van der Waals surface area (Å²) in [5, 5.41) is 0. The van der Waals surface area contributed by atoms with Gasteiger partial charge < -0.3 is 18.7 Å². The number of halogens is 3. The summed E-state index contributed by atoms with van der Waals surface area (Å²) in [4.78, 5) is 3.33. The average molecular weight is 200 g/mol. The van der Waals surface area contributed by atoms with Crippen molar-refractivity contribution >= 4 is 18.1 Å². The smallest absolute Gasteiger partial charge is 0.445 e. The fourth-order valence-electron chi connectivity index (χ4n) is 0.691. The van der Waals surface area contributed by atoms with Gasteiger partial charge in [0.15, 0.2) is 0 Å². The molecule has 0 aromatic carbocycles. The summed E-state index contributed by atoms with van der Waals surface area (Å²) in [6, 6.07) is 1.13. The van der Waals surface area contributed by atoms with E-state index in [-0.39, 0.29) is 57.1 Å². The van der Waals surface area contributed by atoms with E-state index in [1.54, 1.807) is 0 Å². The van der Waals surface area contributed by atoms with Crippen molar-refractivity contribution in [1.82, 2.24) is 4.98 Å². The monoisotopic (exact) mass is 200 g/mol. The maximum absolute atomic E-state index is 12.0. The fraction of sp³-hybridized carbons (Fsp3) is 0.